The number of hydrogen-bond acceptors (Lipinski definition) is 6. The Kier molecular flexibility index (Phi) is 4.37. The first-order chi connectivity index (χ1) is 11.4. The SMILES string of the molecule is c1csc(CN2CCCC(NCc3cccc4nonc34)C2)c1. The standard InChI is InChI=1S/C17H20N4OS/c1-4-13(17-16(7-1)19-22-20-17)10-18-14-5-2-8-21(11-14)12-15-6-3-9-23-15/h1,3-4,6-7,9,14,18H,2,5,8,10-12H2. The smallest absolute Gasteiger partial charge is 0.139 e. The lowest BCUT2D eigenvalue weighted by molar-refractivity contribution is 0.184. The Morgan fingerprint density at radius 2 is 2.26 bits per heavy atom. The molecular formula is C17H20N4OS. The molecule has 5 nitrogen and oxygen atoms in total. The number of hydrogen-bond donors (Lipinski definition) is 1. The zero-order valence-corrected chi connectivity index (χ0v) is 13.8. The Balaban J connectivity index is 1.36. The van der Waals surface area contributed by atoms with E-state index in [-0.39, 0.29) is 0 Å². The largest absolute Gasteiger partial charge is 0.309 e. The zero-order chi connectivity index (χ0) is 15.5. The third kappa shape index (κ3) is 3.44. The predicted molar refractivity (Wildman–Crippen MR) is 91.3 cm³/mol. The topological polar surface area (TPSA) is 54.2 Å². The highest BCUT2D eigenvalue weighted by Crippen LogP contribution is 2.18. The number of likely N-dealkylation sites (tertiary alicyclic amines) is 1. The van der Waals surface area contributed by atoms with Crippen LogP contribution in [0, 0.1) is 0 Å². The van der Waals surface area contributed by atoms with Gasteiger partial charge in [0.25, 0.3) is 0 Å². The third-order valence-electron chi connectivity index (χ3n) is 4.42. The molecule has 120 valence electrons. The summed E-state index contributed by atoms with van der Waals surface area (Å²) < 4.78 is 4.84. The number of thiophene rings is 1. The van der Waals surface area contributed by atoms with Gasteiger partial charge in [-0.25, -0.2) is 4.63 Å². The van der Waals surface area contributed by atoms with Crippen LogP contribution in [-0.4, -0.2) is 34.3 Å². The van der Waals surface area contributed by atoms with Crippen LogP contribution in [0.15, 0.2) is 40.3 Å². The summed E-state index contributed by atoms with van der Waals surface area (Å²) >= 11 is 1.84. The van der Waals surface area contributed by atoms with Crippen LogP contribution in [-0.2, 0) is 13.1 Å². The van der Waals surface area contributed by atoms with Gasteiger partial charge in [0.15, 0.2) is 0 Å². The summed E-state index contributed by atoms with van der Waals surface area (Å²) in [5.41, 5.74) is 2.85. The number of rotatable bonds is 5. The minimum Gasteiger partial charge on any atom is -0.309 e. The summed E-state index contributed by atoms with van der Waals surface area (Å²) in [5, 5.41) is 13.8. The minimum absolute atomic E-state index is 0.527. The summed E-state index contributed by atoms with van der Waals surface area (Å²) in [5.74, 6) is 0. The minimum atomic E-state index is 0.527. The molecule has 0 aliphatic carbocycles. The van der Waals surface area contributed by atoms with E-state index in [0.29, 0.717) is 6.04 Å². The lowest BCUT2D eigenvalue weighted by atomic mass is 10.0. The molecule has 1 fully saturated rings. The molecule has 4 rings (SSSR count). The molecule has 0 bridgehead atoms. The highest BCUT2D eigenvalue weighted by atomic mass is 32.1. The number of aromatic nitrogens is 2. The molecule has 0 radical (unpaired) electrons. The monoisotopic (exact) mass is 328 g/mol. The van der Waals surface area contributed by atoms with Crippen LogP contribution < -0.4 is 5.32 Å². The molecule has 3 heterocycles. The number of nitrogens with one attached hydrogen (secondary N) is 1. The van der Waals surface area contributed by atoms with E-state index < -0.39 is 0 Å². The fourth-order valence-corrected chi connectivity index (χ4v) is 3.99. The predicted octanol–water partition coefficient (Wildman–Crippen LogP) is 3.04. The Morgan fingerprint density at radius 1 is 1.26 bits per heavy atom. The van der Waals surface area contributed by atoms with Gasteiger partial charge in [0.1, 0.15) is 11.0 Å². The van der Waals surface area contributed by atoms with Crippen molar-refractivity contribution in [1.82, 2.24) is 20.5 Å². The number of fused-ring (bicyclic) bond motifs is 1. The number of nitrogens with zero attached hydrogens (tertiary/aromatic N) is 3. The molecule has 1 atom stereocenters. The van der Waals surface area contributed by atoms with Crippen LogP contribution >= 0.6 is 11.3 Å². The van der Waals surface area contributed by atoms with Crippen molar-refractivity contribution < 1.29 is 4.63 Å². The van der Waals surface area contributed by atoms with E-state index in [1.807, 2.05) is 23.5 Å². The molecule has 6 heteroatoms. The second-order valence-electron chi connectivity index (χ2n) is 6.08. The molecule has 1 aliphatic rings. The molecular weight excluding hydrogens is 308 g/mol. The van der Waals surface area contributed by atoms with Crippen LogP contribution in [0.4, 0.5) is 0 Å². The van der Waals surface area contributed by atoms with Gasteiger partial charge in [-0.05, 0) is 52.8 Å². The molecule has 0 spiro atoms. The lowest BCUT2D eigenvalue weighted by Gasteiger charge is -2.33. The van der Waals surface area contributed by atoms with Gasteiger partial charge < -0.3 is 5.32 Å². The van der Waals surface area contributed by atoms with Gasteiger partial charge in [-0.3, -0.25) is 4.90 Å². The van der Waals surface area contributed by atoms with Crippen molar-refractivity contribution in [2.45, 2.75) is 32.0 Å². The fourth-order valence-electron chi connectivity index (χ4n) is 3.25. The van der Waals surface area contributed by atoms with E-state index >= 15 is 0 Å². The van der Waals surface area contributed by atoms with Crippen LogP contribution in [0.3, 0.4) is 0 Å². The summed E-state index contributed by atoms with van der Waals surface area (Å²) in [7, 11) is 0. The Labute approximate surface area is 139 Å². The maximum atomic E-state index is 4.84. The highest BCUT2D eigenvalue weighted by Gasteiger charge is 2.20. The number of benzene rings is 1. The van der Waals surface area contributed by atoms with E-state index in [1.54, 1.807) is 0 Å². The van der Waals surface area contributed by atoms with E-state index in [0.717, 1.165) is 36.2 Å². The highest BCUT2D eigenvalue weighted by molar-refractivity contribution is 7.09. The summed E-state index contributed by atoms with van der Waals surface area (Å²) in [6.45, 7) is 4.17. The van der Waals surface area contributed by atoms with Crippen LogP contribution in [0.25, 0.3) is 11.0 Å². The molecule has 1 N–H and O–H groups in total. The van der Waals surface area contributed by atoms with Crippen molar-refractivity contribution >= 4 is 22.4 Å². The van der Waals surface area contributed by atoms with Crippen molar-refractivity contribution in [3.63, 3.8) is 0 Å². The molecule has 23 heavy (non-hydrogen) atoms. The van der Waals surface area contributed by atoms with Gasteiger partial charge in [0, 0.05) is 30.6 Å². The summed E-state index contributed by atoms with van der Waals surface area (Å²) in [6.07, 6.45) is 2.48. The Bertz CT molecular complexity index is 755. The molecule has 2 aromatic heterocycles. The molecule has 1 aliphatic heterocycles. The first-order valence-electron chi connectivity index (χ1n) is 8.07. The van der Waals surface area contributed by atoms with E-state index in [9.17, 15) is 0 Å². The van der Waals surface area contributed by atoms with Crippen LogP contribution in [0.5, 0.6) is 0 Å². The van der Waals surface area contributed by atoms with Gasteiger partial charge in [0.2, 0.25) is 0 Å². The van der Waals surface area contributed by atoms with Crippen molar-refractivity contribution in [3.05, 3.63) is 46.2 Å². The molecule has 0 amide bonds. The van der Waals surface area contributed by atoms with Gasteiger partial charge in [-0.2, -0.15) is 0 Å². The second kappa shape index (κ2) is 6.78. The molecule has 1 saturated heterocycles. The van der Waals surface area contributed by atoms with Crippen molar-refractivity contribution in [2.75, 3.05) is 13.1 Å². The van der Waals surface area contributed by atoms with E-state index in [4.69, 9.17) is 4.63 Å². The van der Waals surface area contributed by atoms with E-state index in [1.165, 1.54) is 24.3 Å². The van der Waals surface area contributed by atoms with Crippen molar-refractivity contribution in [1.29, 1.82) is 0 Å². The Hall–Kier alpha value is -1.76. The van der Waals surface area contributed by atoms with Crippen LogP contribution in [0.2, 0.25) is 0 Å². The van der Waals surface area contributed by atoms with Gasteiger partial charge in [-0.1, -0.05) is 18.2 Å². The summed E-state index contributed by atoms with van der Waals surface area (Å²) in [6, 6.07) is 10.9. The lowest BCUT2D eigenvalue weighted by Crippen LogP contribution is -2.44. The van der Waals surface area contributed by atoms with E-state index in [2.05, 4.69) is 44.1 Å². The first kappa shape index (κ1) is 14.8. The molecule has 0 saturated carbocycles. The second-order valence-corrected chi connectivity index (χ2v) is 7.12. The molecule has 3 aromatic rings. The third-order valence-corrected chi connectivity index (χ3v) is 5.28. The quantitative estimate of drug-likeness (QED) is 0.780. The average molecular weight is 328 g/mol. The maximum Gasteiger partial charge on any atom is 0.139 e. The van der Waals surface area contributed by atoms with Crippen molar-refractivity contribution in [3.8, 4) is 0 Å². The zero-order valence-electron chi connectivity index (χ0n) is 12.9. The summed E-state index contributed by atoms with van der Waals surface area (Å²) in [4.78, 5) is 4.00. The van der Waals surface area contributed by atoms with Gasteiger partial charge in [-0.15, -0.1) is 11.3 Å². The molecule has 1 unspecified atom stereocenters. The van der Waals surface area contributed by atoms with Gasteiger partial charge >= 0.3 is 0 Å². The normalized spacial score (nSPS) is 19.4. The fraction of sp³-hybridized carbons (Fsp3) is 0.412. The van der Waals surface area contributed by atoms with Gasteiger partial charge in [0.05, 0.1) is 0 Å². The van der Waals surface area contributed by atoms with Crippen molar-refractivity contribution in [2.24, 2.45) is 0 Å². The number of piperidine rings is 1. The Morgan fingerprint density at radius 3 is 3.17 bits per heavy atom. The average Bonchev–Trinajstić information content (AvgIpc) is 3.24. The molecule has 1 aromatic carbocycles. The maximum absolute atomic E-state index is 4.84. The first-order valence-corrected chi connectivity index (χ1v) is 8.95. The van der Waals surface area contributed by atoms with Crippen LogP contribution in [0.1, 0.15) is 23.3 Å².